The summed E-state index contributed by atoms with van der Waals surface area (Å²) in [7, 11) is -3.85. The number of carbonyl (C=O) groups excluding carboxylic acids is 1. The third-order valence-corrected chi connectivity index (χ3v) is 9.28. The van der Waals surface area contributed by atoms with Gasteiger partial charge in [-0.1, -0.05) is 61.9 Å². The van der Waals surface area contributed by atoms with Crippen molar-refractivity contribution >= 4 is 16.0 Å². The van der Waals surface area contributed by atoms with Crippen LogP contribution in [0.25, 0.3) is 0 Å². The Morgan fingerprint density at radius 3 is 2.49 bits per heavy atom. The number of aliphatic hydroxyl groups excluding tert-OH is 1. The number of carbonyl (C=O) groups is 1. The first kappa shape index (κ1) is 29.7. The van der Waals surface area contributed by atoms with Crippen molar-refractivity contribution in [1.29, 1.82) is 0 Å². The maximum atomic E-state index is 13.6. The second-order valence-corrected chi connectivity index (χ2v) is 13.1. The van der Waals surface area contributed by atoms with Gasteiger partial charge in [0.05, 0.1) is 24.0 Å². The van der Waals surface area contributed by atoms with Crippen molar-refractivity contribution in [3.8, 4) is 0 Å². The topological polar surface area (TPSA) is 102 Å². The Labute approximate surface area is 232 Å². The van der Waals surface area contributed by atoms with Gasteiger partial charge in [0, 0.05) is 31.5 Å². The van der Waals surface area contributed by atoms with E-state index in [1.807, 2.05) is 51.1 Å². The lowest BCUT2D eigenvalue weighted by Gasteiger charge is -2.30. The summed E-state index contributed by atoms with van der Waals surface area (Å²) in [6.07, 6.45) is 0.352. The van der Waals surface area contributed by atoms with E-state index in [1.54, 1.807) is 24.3 Å². The number of fused-ring (bicyclic) bond motifs is 1. The van der Waals surface area contributed by atoms with Gasteiger partial charge in [-0.25, -0.2) is 8.42 Å². The zero-order valence-corrected chi connectivity index (χ0v) is 23.9. The van der Waals surface area contributed by atoms with E-state index in [9.17, 15) is 18.3 Å². The van der Waals surface area contributed by atoms with Gasteiger partial charge in [-0.2, -0.15) is 4.31 Å². The Balaban J connectivity index is 1.50. The molecule has 2 fully saturated rings. The highest BCUT2D eigenvalue weighted by Crippen LogP contribution is 2.33. The van der Waals surface area contributed by atoms with Crippen LogP contribution in [0.15, 0.2) is 59.5 Å². The summed E-state index contributed by atoms with van der Waals surface area (Å²) in [5.74, 6) is -0.903. The van der Waals surface area contributed by atoms with Crippen molar-refractivity contribution in [3.05, 3.63) is 65.7 Å². The van der Waals surface area contributed by atoms with Crippen LogP contribution in [-0.4, -0.2) is 68.6 Å². The number of aryl methyl sites for hydroxylation is 1. The fraction of sp³-hybridized carbons (Fsp3) is 0.567. The molecule has 2 aromatic carbocycles. The van der Waals surface area contributed by atoms with Crippen LogP contribution in [0.5, 0.6) is 0 Å². The summed E-state index contributed by atoms with van der Waals surface area (Å²) in [5.41, 5.74) is 1.92. The molecule has 2 aromatic rings. The maximum absolute atomic E-state index is 13.6. The number of esters is 1. The van der Waals surface area contributed by atoms with E-state index in [0.29, 0.717) is 19.6 Å². The Kier molecular flexibility index (Phi) is 10.2. The first-order valence-electron chi connectivity index (χ1n) is 13.8. The highest BCUT2D eigenvalue weighted by atomic mass is 32.2. The molecule has 1 unspecified atom stereocenters. The molecule has 2 aliphatic rings. The molecule has 0 radical (unpaired) electrons. The molecule has 0 spiro atoms. The van der Waals surface area contributed by atoms with E-state index >= 15 is 0 Å². The van der Waals surface area contributed by atoms with E-state index in [4.69, 9.17) is 14.2 Å². The quantitative estimate of drug-likeness (QED) is 0.393. The summed E-state index contributed by atoms with van der Waals surface area (Å²) in [6.45, 7) is 6.85. The van der Waals surface area contributed by atoms with Gasteiger partial charge >= 0.3 is 5.97 Å². The number of benzene rings is 2. The van der Waals surface area contributed by atoms with Crippen molar-refractivity contribution < 1.29 is 32.5 Å². The molecular formula is C30H41NO7S. The molecule has 214 valence electrons. The summed E-state index contributed by atoms with van der Waals surface area (Å²) < 4.78 is 45.6. The third kappa shape index (κ3) is 7.89. The zero-order chi connectivity index (χ0) is 28.0. The van der Waals surface area contributed by atoms with Crippen molar-refractivity contribution in [1.82, 2.24) is 4.31 Å². The van der Waals surface area contributed by atoms with E-state index in [-0.39, 0.29) is 48.6 Å². The van der Waals surface area contributed by atoms with Crippen molar-refractivity contribution in [2.75, 3.05) is 26.3 Å². The van der Waals surface area contributed by atoms with Gasteiger partial charge < -0.3 is 19.3 Å². The number of aliphatic hydroxyl groups is 1. The number of hydrogen-bond donors (Lipinski definition) is 1. The molecule has 2 heterocycles. The molecule has 0 bridgehead atoms. The molecular weight excluding hydrogens is 518 g/mol. The van der Waals surface area contributed by atoms with Gasteiger partial charge in [0.1, 0.15) is 6.10 Å². The van der Waals surface area contributed by atoms with Gasteiger partial charge in [0.15, 0.2) is 6.29 Å². The Hall–Kier alpha value is -2.30. The Bertz CT molecular complexity index is 1170. The highest BCUT2D eigenvalue weighted by Gasteiger charge is 2.42. The Morgan fingerprint density at radius 2 is 1.79 bits per heavy atom. The molecule has 1 N–H and O–H groups in total. The molecule has 9 heteroatoms. The Morgan fingerprint density at radius 1 is 1.08 bits per heavy atom. The predicted octanol–water partition coefficient (Wildman–Crippen LogP) is 3.95. The summed E-state index contributed by atoms with van der Waals surface area (Å²) in [6, 6.07) is 16.3. The minimum absolute atomic E-state index is 0.0152. The highest BCUT2D eigenvalue weighted by molar-refractivity contribution is 7.89. The van der Waals surface area contributed by atoms with Crippen LogP contribution >= 0.6 is 0 Å². The molecule has 4 rings (SSSR count). The summed E-state index contributed by atoms with van der Waals surface area (Å²) in [4.78, 5) is 13.3. The minimum Gasteiger partial charge on any atom is -0.459 e. The van der Waals surface area contributed by atoms with Gasteiger partial charge in [-0.3, -0.25) is 4.79 Å². The van der Waals surface area contributed by atoms with Crippen LogP contribution in [0.4, 0.5) is 0 Å². The molecule has 5 atom stereocenters. The van der Waals surface area contributed by atoms with Crippen molar-refractivity contribution in [3.63, 3.8) is 0 Å². The number of sulfonamides is 1. The van der Waals surface area contributed by atoms with Gasteiger partial charge in [0.25, 0.3) is 0 Å². The van der Waals surface area contributed by atoms with E-state index < -0.39 is 28.0 Å². The SMILES string of the molecule is Cc1ccc(S(=O)(=O)N(CC(C)C)C[C@@H](O)[C@@H](CC(=O)O[C@@H]2CO[C@@H]3OCCCC32)Cc2ccccc2)cc1. The lowest BCUT2D eigenvalue weighted by Crippen LogP contribution is -2.43. The zero-order valence-electron chi connectivity index (χ0n) is 23.1. The van der Waals surface area contributed by atoms with Crippen LogP contribution in [0.1, 0.15) is 44.2 Å². The predicted molar refractivity (Wildman–Crippen MR) is 147 cm³/mol. The van der Waals surface area contributed by atoms with Crippen LogP contribution in [0.2, 0.25) is 0 Å². The monoisotopic (exact) mass is 559 g/mol. The second kappa shape index (κ2) is 13.4. The first-order chi connectivity index (χ1) is 18.6. The molecule has 0 amide bonds. The maximum Gasteiger partial charge on any atom is 0.306 e. The molecule has 2 saturated heterocycles. The average Bonchev–Trinajstić information content (AvgIpc) is 3.31. The number of ether oxygens (including phenoxy) is 3. The lowest BCUT2D eigenvalue weighted by molar-refractivity contribution is -0.160. The average molecular weight is 560 g/mol. The fourth-order valence-corrected chi connectivity index (χ4v) is 6.95. The smallest absolute Gasteiger partial charge is 0.306 e. The number of rotatable bonds is 12. The van der Waals surface area contributed by atoms with Crippen LogP contribution in [0, 0.1) is 24.7 Å². The molecule has 39 heavy (non-hydrogen) atoms. The van der Waals surface area contributed by atoms with E-state index in [2.05, 4.69) is 0 Å². The largest absolute Gasteiger partial charge is 0.459 e. The molecule has 0 aromatic heterocycles. The summed E-state index contributed by atoms with van der Waals surface area (Å²) in [5, 5.41) is 11.4. The fourth-order valence-electron chi connectivity index (χ4n) is 5.33. The number of hydrogen-bond acceptors (Lipinski definition) is 7. The van der Waals surface area contributed by atoms with Crippen LogP contribution in [0.3, 0.4) is 0 Å². The lowest BCUT2D eigenvalue weighted by atomic mass is 9.90. The van der Waals surface area contributed by atoms with Crippen molar-refractivity contribution in [2.24, 2.45) is 17.8 Å². The minimum atomic E-state index is -3.85. The molecule has 8 nitrogen and oxygen atoms in total. The van der Waals surface area contributed by atoms with Crippen molar-refractivity contribution in [2.45, 2.75) is 69.8 Å². The van der Waals surface area contributed by atoms with E-state index in [1.165, 1.54) is 4.31 Å². The van der Waals surface area contributed by atoms with Crippen LogP contribution < -0.4 is 0 Å². The standard InChI is InChI=1S/C30H41NO7S/c1-21(2)18-31(39(34,35)25-13-11-22(3)12-14-25)19-27(32)24(16-23-8-5-4-6-9-23)17-29(33)38-28-20-37-30-26(28)10-7-15-36-30/h4-6,8-9,11-14,21,24,26-28,30,32H,7,10,15-20H2,1-3H3/t24-,26?,27-,28-,30+/m1/s1. The number of nitrogens with zero attached hydrogens (tertiary/aromatic N) is 1. The van der Waals surface area contributed by atoms with E-state index in [0.717, 1.165) is 24.0 Å². The second-order valence-electron chi connectivity index (χ2n) is 11.2. The normalized spacial score (nSPS) is 23.0. The van der Waals surface area contributed by atoms with Gasteiger partial charge in [-0.15, -0.1) is 0 Å². The van der Waals surface area contributed by atoms with Gasteiger partial charge in [-0.05, 0) is 49.8 Å². The van der Waals surface area contributed by atoms with Crippen LogP contribution in [-0.2, 0) is 35.4 Å². The first-order valence-corrected chi connectivity index (χ1v) is 15.3. The molecule has 0 saturated carbocycles. The summed E-state index contributed by atoms with van der Waals surface area (Å²) >= 11 is 0. The van der Waals surface area contributed by atoms with Gasteiger partial charge in [0.2, 0.25) is 10.0 Å². The molecule has 2 aliphatic heterocycles. The molecule has 0 aliphatic carbocycles. The third-order valence-electron chi connectivity index (χ3n) is 7.43.